The molecule has 0 unspecified atom stereocenters. The van der Waals surface area contributed by atoms with Gasteiger partial charge < -0.3 is 10.4 Å². The van der Waals surface area contributed by atoms with Gasteiger partial charge in [0.25, 0.3) is 0 Å². The molecule has 0 saturated carbocycles. The third kappa shape index (κ3) is 3.64. The zero-order valence-electron chi connectivity index (χ0n) is 9.72. The van der Waals surface area contributed by atoms with E-state index < -0.39 is 0 Å². The van der Waals surface area contributed by atoms with Gasteiger partial charge in [-0.2, -0.15) is 5.10 Å². The van der Waals surface area contributed by atoms with Gasteiger partial charge in [0.15, 0.2) is 0 Å². The van der Waals surface area contributed by atoms with E-state index in [1.165, 1.54) is 0 Å². The highest BCUT2D eigenvalue weighted by Gasteiger charge is 2.14. The third-order valence-electron chi connectivity index (χ3n) is 2.81. The second-order valence-corrected chi connectivity index (χ2v) is 3.99. The molecular formula is C11H21N3O. The Hall–Kier alpha value is -0.870. The highest BCUT2D eigenvalue weighted by atomic mass is 16.3. The molecule has 3 atom stereocenters. The van der Waals surface area contributed by atoms with Crippen LogP contribution in [0.2, 0.25) is 0 Å². The Morgan fingerprint density at radius 3 is 2.73 bits per heavy atom. The van der Waals surface area contributed by atoms with Crippen molar-refractivity contribution in [2.24, 2.45) is 0 Å². The molecular weight excluding hydrogens is 190 g/mol. The molecule has 1 heterocycles. The predicted molar refractivity (Wildman–Crippen MR) is 60.7 cm³/mol. The molecule has 0 radical (unpaired) electrons. The van der Waals surface area contributed by atoms with Gasteiger partial charge in [-0.15, -0.1) is 0 Å². The lowest BCUT2D eigenvalue weighted by molar-refractivity contribution is 0.159. The molecule has 1 aromatic heterocycles. The Kier molecular flexibility index (Phi) is 4.78. The van der Waals surface area contributed by atoms with Gasteiger partial charge >= 0.3 is 0 Å². The van der Waals surface area contributed by atoms with Gasteiger partial charge in [-0.3, -0.25) is 4.68 Å². The lowest BCUT2D eigenvalue weighted by atomic mass is 10.1. The number of hydrogen-bond donors (Lipinski definition) is 2. The summed E-state index contributed by atoms with van der Waals surface area (Å²) in [5.74, 6) is 0. The van der Waals surface area contributed by atoms with Crippen LogP contribution in [0.4, 0.5) is 0 Å². The lowest BCUT2D eigenvalue weighted by Crippen LogP contribution is -2.38. The van der Waals surface area contributed by atoms with E-state index in [0.717, 1.165) is 6.42 Å². The molecule has 15 heavy (non-hydrogen) atoms. The molecule has 0 saturated heterocycles. The molecule has 0 aromatic carbocycles. The van der Waals surface area contributed by atoms with Crippen molar-refractivity contribution < 1.29 is 5.11 Å². The number of aliphatic hydroxyl groups is 1. The fraction of sp³-hybridized carbons (Fsp3) is 0.727. The van der Waals surface area contributed by atoms with Crippen LogP contribution in [0, 0.1) is 0 Å². The van der Waals surface area contributed by atoms with Crippen LogP contribution in [0.3, 0.4) is 0 Å². The number of hydrogen-bond acceptors (Lipinski definition) is 3. The van der Waals surface area contributed by atoms with E-state index in [2.05, 4.69) is 24.3 Å². The van der Waals surface area contributed by atoms with Crippen LogP contribution in [0.25, 0.3) is 0 Å². The van der Waals surface area contributed by atoms with Crippen molar-refractivity contribution in [3.63, 3.8) is 0 Å². The quantitative estimate of drug-likeness (QED) is 0.743. The van der Waals surface area contributed by atoms with Crippen LogP contribution in [0.5, 0.6) is 0 Å². The standard InChI is InChI=1S/C11H21N3O/c1-4-11(15)8-12-9(2)10(3)14-7-5-6-13-14/h5-7,9-12,15H,4,8H2,1-3H3/t9-,10-,11-/m0/s1. The van der Waals surface area contributed by atoms with E-state index in [1.54, 1.807) is 6.20 Å². The maximum Gasteiger partial charge on any atom is 0.0662 e. The zero-order chi connectivity index (χ0) is 11.3. The Labute approximate surface area is 91.3 Å². The predicted octanol–water partition coefficient (Wildman–Crippen LogP) is 1.19. The number of nitrogens with one attached hydrogen (secondary N) is 1. The van der Waals surface area contributed by atoms with Crippen LogP contribution in [-0.2, 0) is 0 Å². The van der Waals surface area contributed by atoms with Crippen molar-refractivity contribution in [3.8, 4) is 0 Å². The SMILES string of the molecule is CC[C@H](O)CN[C@@H](C)[C@H](C)n1cccn1. The van der Waals surface area contributed by atoms with E-state index in [1.807, 2.05) is 23.9 Å². The minimum Gasteiger partial charge on any atom is -0.392 e. The zero-order valence-corrected chi connectivity index (χ0v) is 9.72. The Morgan fingerprint density at radius 1 is 1.47 bits per heavy atom. The maximum absolute atomic E-state index is 9.43. The molecule has 0 aliphatic rings. The summed E-state index contributed by atoms with van der Waals surface area (Å²) >= 11 is 0. The van der Waals surface area contributed by atoms with Gasteiger partial charge in [-0.05, 0) is 26.3 Å². The second kappa shape index (κ2) is 5.88. The van der Waals surface area contributed by atoms with Gasteiger partial charge in [-0.1, -0.05) is 6.92 Å². The molecule has 2 N–H and O–H groups in total. The van der Waals surface area contributed by atoms with E-state index >= 15 is 0 Å². The largest absolute Gasteiger partial charge is 0.392 e. The summed E-state index contributed by atoms with van der Waals surface area (Å²) in [5, 5.41) is 16.9. The van der Waals surface area contributed by atoms with Gasteiger partial charge in [0, 0.05) is 25.0 Å². The molecule has 0 amide bonds. The van der Waals surface area contributed by atoms with Gasteiger partial charge in [0.2, 0.25) is 0 Å². The van der Waals surface area contributed by atoms with Crippen molar-refractivity contribution >= 4 is 0 Å². The summed E-state index contributed by atoms with van der Waals surface area (Å²) in [5.41, 5.74) is 0. The number of rotatable bonds is 6. The summed E-state index contributed by atoms with van der Waals surface area (Å²) in [6.07, 6.45) is 4.27. The molecule has 0 aliphatic heterocycles. The first kappa shape index (κ1) is 12.2. The summed E-state index contributed by atoms with van der Waals surface area (Å²) < 4.78 is 1.93. The topological polar surface area (TPSA) is 50.1 Å². The highest BCUT2D eigenvalue weighted by Crippen LogP contribution is 2.08. The summed E-state index contributed by atoms with van der Waals surface area (Å²) in [6.45, 7) is 6.84. The van der Waals surface area contributed by atoms with Crippen LogP contribution in [0.15, 0.2) is 18.5 Å². The Morgan fingerprint density at radius 2 is 2.20 bits per heavy atom. The average molecular weight is 211 g/mol. The van der Waals surface area contributed by atoms with E-state index in [9.17, 15) is 5.11 Å². The maximum atomic E-state index is 9.43. The molecule has 0 bridgehead atoms. The first-order valence-corrected chi connectivity index (χ1v) is 5.55. The third-order valence-corrected chi connectivity index (χ3v) is 2.81. The van der Waals surface area contributed by atoms with Crippen LogP contribution in [0.1, 0.15) is 33.2 Å². The van der Waals surface area contributed by atoms with Gasteiger partial charge in [-0.25, -0.2) is 0 Å². The second-order valence-electron chi connectivity index (χ2n) is 3.99. The van der Waals surface area contributed by atoms with Gasteiger partial charge in [0.1, 0.15) is 0 Å². The van der Waals surface area contributed by atoms with Crippen molar-refractivity contribution in [3.05, 3.63) is 18.5 Å². The van der Waals surface area contributed by atoms with E-state index in [0.29, 0.717) is 18.6 Å². The number of nitrogens with zero attached hydrogens (tertiary/aromatic N) is 2. The Bertz CT molecular complexity index is 261. The van der Waals surface area contributed by atoms with E-state index in [-0.39, 0.29) is 6.10 Å². The number of aliphatic hydroxyl groups excluding tert-OH is 1. The highest BCUT2D eigenvalue weighted by molar-refractivity contribution is 4.83. The molecule has 1 aromatic rings. The smallest absolute Gasteiger partial charge is 0.0662 e. The first-order valence-electron chi connectivity index (χ1n) is 5.55. The fourth-order valence-electron chi connectivity index (χ4n) is 1.39. The molecule has 4 heteroatoms. The molecule has 0 spiro atoms. The molecule has 4 nitrogen and oxygen atoms in total. The van der Waals surface area contributed by atoms with E-state index in [4.69, 9.17) is 0 Å². The summed E-state index contributed by atoms with van der Waals surface area (Å²) in [6, 6.07) is 2.51. The lowest BCUT2D eigenvalue weighted by Gasteiger charge is -2.23. The number of aromatic nitrogens is 2. The van der Waals surface area contributed by atoms with Crippen LogP contribution >= 0.6 is 0 Å². The molecule has 1 rings (SSSR count). The molecule has 86 valence electrons. The normalized spacial score (nSPS) is 17.3. The van der Waals surface area contributed by atoms with Crippen molar-refractivity contribution in [1.82, 2.24) is 15.1 Å². The average Bonchev–Trinajstić information content (AvgIpc) is 2.77. The summed E-state index contributed by atoms with van der Waals surface area (Å²) in [4.78, 5) is 0. The molecule has 0 aliphatic carbocycles. The summed E-state index contributed by atoms with van der Waals surface area (Å²) in [7, 11) is 0. The minimum atomic E-state index is -0.253. The Balaban J connectivity index is 2.37. The monoisotopic (exact) mass is 211 g/mol. The first-order chi connectivity index (χ1) is 7.15. The van der Waals surface area contributed by atoms with Crippen LogP contribution in [-0.4, -0.2) is 33.6 Å². The van der Waals surface area contributed by atoms with Crippen molar-refractivity contribution in [2.75, 3.05) is 6.54 Å². The van der Waals surface area contributed by atoms with Crippen molar-refractivity contribution in [1.29, 1.82) is 0 Å². The molecule has 0 fully saturated rings. The fourth-order valence-corrected chi connectivity index (χ4v) is 1.39. The minimum absolute atomic E-state index is 0.253. The van der Waals surface area contributed by atoms with Crippen molar-refractivity contribution in [2.45, 2.75) is 45.4 Å². The van der Waals surface area contributed by atoms with Crippen LogP contribution < -0.4 is 5.32 Å². The van der Waals surface area contributed by atoms with Gasteiger partial charge in [0.05, 0.1) is 12.1 Å².